The molecule has 0 N–H and O–H groups in total. The molecule has 0 aromatic heterocycles. The lowest BCUT2D eigenvalue weighted by Crippen LogP contribution is -2.19. The maximum Gasteiger partial charge on any atom is 0.118 e. The fraction of sp³-hybridized carbons (Fsp3) is 0.500. The zero-order chi connectivity index (χ0) is 11.3. The Bertz CT molecular complexity index is 284. The number of ether oxygens (including phenoxy) is 1. The van der Waals surface area contributed by atoms with Crippen LogP contribution in [0.1, 0.15) is 13.8 Å². The highest BCUT2D eigenvalue weighted by atomic mass is 32.2. The summed E-state index contributed by atoms with van der Waals surface area (Å²) in [5, 5.41) is 0.632. The molecule has 0 heterocycles. The lowest BCUT2D eigenvalue weighted by atomic mass is 10.3. The van der Waals surface area contributed by atoms with Crippen LogP contribution in [0, 0.1) is 0 Å². The number of methoxy groups -OCH3 is 1. The van der Waals surface area contributed by atoms with Crippen molar-refractivity contribution in [2.45, 2.75) is 24.0 Å². The molecule has 1 rings (SSSR count). The Hall–Kier alpha value is -0.670. The number of nitrogens with zero attached hydrogens (tertiary/aromatic N) is 1. The van der Waals surface area contributed by atoms with Crippen LogP contribution in [0.3, 0.4) is 0 Å². The Balaban J connectivity index is 2.63. The van der Waals surface area contributed by atoms with Crippen LogP contribution < -0.4 is 4.90 Å². The summed E-state index contributed by atoms with van der Waals surface area (Å²) in [7, 11) is 3.73. The molecule has 0 saturated heterocycles. The van der Waals surface area contributed by atoms with Gasteiger partial charge in [0.25, 0.3) is 0 Å². The molecule has 0 radical (unpaired) electrons. The van der Waals surface area contributed by atoms with E-state index in [0.29, 0.717) is 12.0 Å². The minimum Gasteiger partial charge on any atom is -0.364 e. The first-order valence-corrected chi connectivity index (χ1v) is 5.98. The van der Waals surface area contributed by atoms with Crippen molar-refractivity contribution in [2.75, 3.05) is 25.8 Å². The van der Waals surface area contributed by atoms with Crippen LogP contribution in [0.4, 0.5) is 5.69 Å². The average Bonchev–Trinajstić information content (AvgIpc) is 2.18. The van der Waals surface area contributed by atoms with Gasteiger partial charge < -0.3 is 9.64 Å². The van der Waals surface area contributed by atoms with Gasteiger partial charge in [0.1, 0.15) is 6.73 Å². The molecule has 0 spiro atoms. The zero-order valence-electron chi connectivity index (χ0n) is 9.86. The summed E-state index contributed by atoms with van der Waals surface area (Å²) in [5.74, 6) is 0. The first-order chi connectivity index (χ1) is 7.13. The van der Waals surface area contributed by atoms with Crippen molar-refractivity contribution in [1.82, 2.24) is 0 Å². The van der Waals surface area contributed by atoms with Crippen LogP contribution in [0.2, 0.25) is 0 Å². The minimum absolute atomic E-state index is 0.622. The summed E-state index contributed by atoms with van der Waals surface area (Å²) in [5.41, 5.74) is 1.19. The summed E-state index contributed by atoms with van der Waals surface area (Å²) in [6.07, 6.45) is 0. The van der Waals surface area contributed by atoms with Crippen LogP contribution >= 0.6 is 11.8 Å². The molecule has 0 atom stereocenters. The number of hydrogen-bond donors (Lipinski definition) is 0. The summed E-state index contributed by atoms with van der Waals surface area (Å²) in [6.45, 7) is 5.03. The fourth-order valence-corrected chi connectivity index (χ4v) is 2.16. The van der Waals surface area contributed by atoms with E-state index in [0.717, 1.165) is 0 Å². The van der Waals surface area contributed by atoms with Gasteiger partial charge in [0, 0.05) is 30.0 Å². The van der Waals surface area contributed by atoms with Crippen LogP contribution in [-0.2, 0) is 4.74 Å². The van der Waals surface area contributed by atoms with Crippen molar-refractivity contribution in [3.05, 3.63) is 24.3 Å². The summed E-state index contributed by atoms with van der Waals surface area (Å²) in [6, 6.07) is 8.58. The molecule has 0 unspecified atom stereocenters. The molecule has 2 nitrogen and oxygen atoms in total. The van der Waals surface area contributed by atoms with Gasteiger partial charge in [-0.05, 0) is 24.3 Å². The molecular formula is C12H19NOS. The molecule has 0 aliphatic heterocycles. The first kappa shape index (κ1) is 12.4. The Morgan fingerprint density at radius 1 is 1.27 bits per heavy atom. The minimum atomic E-state index is 0.622. The summed E-state index contributed by atoms with van der Waals surface area (Å²) >= 11 is 1.88. The topological polar surface area (TPSA) is 12.5 Å². The largest absolute Gasteiger partial charge is 0.364 e. The lowest BCUT2D eigenvalue weighted by molar-refractivity contribution is 0.202. The van der Waals surface area contributed by atoms with Crippen LogP contribution in [0.5, 0.6) is 0 Å². The van der Waals surface area contributed by atoms with Gasteiger partial charge in [0.15, 0.2) is 0 Å². The molecule has 0 amide bonds. The molecule has 0 aliphatic carbocycles. The van der Waals surface area contributed by atoms with Crippen molar-refractivity contribution in [1.29, 1.82) is 0 Å². The third-order valence-electron chi connectivity index (χ3n) is 1.97. The van der Waals surface area contributed by atoms with E-state index < -0.39 is 0 Å². The second-order valence-corrected chi connectivity index (χ2v) is 5.43. The van der Waals surface area contributed by atoms with E-state index in [4.69, 9.17) is 4.74 Å². The third kappa shape index (κ3) is 4.14. The molecule has 15 heavy (non-hydrogen) atoms. The van der Waals surface area contributed by atoms with Crippen LogP contribution in [-0.4, -0.2) is 26.1 Å². The van der Waals surface area contributed by atoms with E-state index >= 15 is 0 Å². The molecule has 3 heteroatoms. The Labute approximate surface area is 96.6 Å². The summed E-state index contributed by atoms with van der Waals surface area (Å²) < 4.78 is 5.07. The quantitative estimate of drug-likeness (QED) is 0.564. The van der Waals surface area contributed by atoms with E-state index in [1.165, 1.54) is 10.6 Å². The van der Waals surface area contributed by atoms with Crippen LogP contribution in [0.25, 0.3) is 0 Å². The molecule has 0 fully saturated rings. The van der Waals surface area contributed by atoms with Gasteiger partial charge in [0.05, 0.1) is 0 Å². The number of thioether (sulfide) groups is 1. The Kier molecular flexibility index (Phi) is 4.99. The van der Waals surface area contributed by atoms with Gasteiger partial charge >= 0.3 is 0 Å². The van der Waals surface area contributed by atoms with Gasteiger partial charge in [-0.25, -0.2) is 0 Å². The molecule has 0 bridgehead atoms. The van der Waals surface area contributed by atoms with Gasteiger partial charge in [0.2, 0.25) is 0 Å². The van der Waals surface area contributed by atoms with E-state index in [1.807, 2.05) is 18.8 Å². The lowest BCUT2D eigenvalue weighted by Gasteiger charge is -2.18. The van der Waals surface area contributed by atoms with Crippen molar-refractivity contribution in [3.63, 3.8) is 0 Å². The normalized spacial score (nSPS) is 10.7. The SMILES string of the molecule is COCN(C)c1ccc(SC(C)C)cc1. The van der Waals surface area contributed by atoms with Crippen molar-refractivity contribution in [2.24, 2.45) is 0 Å². The van der Waals surface area contributed by atoms with Crippen LogP contribution in [0.15, 0.2) is 29.2 Å². The van der Waals surface area contributed by atoms with Crippen molar-refractivity contribution < 1.29 is 4.74 Å². The van der Waals surface area contributed by atoms with E-state index in [2.05, 4.69) is 43.0 Å². The van der Waals surface area contributed by atoms with Crippen molar-refractivity contribution >= 4 is 17.4 Å². The maximum atomic E-state index is 5.07. The van der Waals surface area contributed by atoms with E-state index in [1.54, 1.807) is 7.11 Å². The molecule has 0 saturated carbocycles. The Morgan fingerprint density at radius 2 is 1.87 bits per heavy atom. The fourth-order valence-electron chi connectivity index (χ4n) is 1.32. The second-order valence-electron chi connectivity index (χ2n) is 3.78. The number of hydrogen-bond acceptors (Lipinski definition) is 3. The maximum absolute atomic E-state index is 5.07. The van der Waals surface area contributed by atoms with E-state index in [-0.39, 0.29) is 0 Å². The number of rotatable bonds is 5. The molecular weight excluding hydrogens is 206 g/mol. The highest BCUT2D eigenvalue weighted by Gasteiger charge is 2.01. The highest BCUT2D eigenvalue weighted by Crippen LogP contribution is 2.25. The summed E-state index contributed by atoms with van der Waals surface area (Å²) in [4.78, 5) is 3.39. The average molecular weight is 225 g/mol. The van der Waals surface area contributed by atoms with Gasteiger partial charge in [-0.3, -0.25) is 0 Å². The number of anilines is 1. The first-order valence-electron chi connectivity index (χ1n) is 5.10. The molecule has 1 aromatic rings. The van der Waals surface area contributed by atoms with Gasteiger partial charge in [-0.15, -0.1) is 11.8 Å². The predicted octanol–water partition coefficient (Wildman–Crippen LogP) is 3.23. The smallest absolute Gasteiger partial charge is 0.118 e. The van der Waals surface area contributed by atoms with Crippen molar-refractivity contribution in [3.8, 4) is 0 Å². The monoisotopic (exact) mass is 225 g/mol. The predicted molar refractivity (Wildman–Crippen MR) is 67.7 cm³/mol. The molecule has 0 aliphatic rings. The van der Waals surface area contributed by atoms with Gasteiger partial charge in [-0.2, -0.15) is 0 Å². The zero-order valence-corrected chi connectivity index (χ0v) is 10.7. The third-order valence-corrected chi connectivity index (χ3v) is 2.99. The number of benzene rings is 1. The second kappa shape index (κ2) is 6.03. The molecule has 1 aromatic carbocycles. The highest BCUT2D eigenvalue weighted by molar-refractivity contribution is 7.99. The van der Waals surface area contributed by atoms with E-state index in [9.17, 15) is 0 Å². The van der Waals surface area contributed by atoms with Gasteiger partial charge in [-0.1, -0.05) is 13.8 Å². The molecule has 84 valence electrons. The standard InChI is InChI=1S/C12H19NOS/c1-10(2)15-12-7-5-11(6-8-12)13(3)9-14-4/h5-8,10H,9H2,1-4H3. The Morgan fingerprint density at radius 3 is 2.33 bits per heavy atom.